The number of fused-ring (bicyclic) bond motifs is 1. The van der Waals surface area contributed by atoms with Gasteiger partial charge in [0.05, 0.1) is 8.07 Å². The van der Waals surface area contributed by atoms with Gasteiger partial charge in [-0.3, -0.25) is 0 Å². The molecule has 0 fully saturated rings. The van der Waals surface area contributed by atoms with Crippen LogP contribution in [0.15, 0.2) is 24.3 Å². The number of aryl methyl sites for hydroxylation is 1. The molecule has 0 aromatic heterocycles. The molecule has 2 aromatic rings. The van der Waals surface area contributed by atoms with Crippen molar-refractivity contribution in [2.75, 3.05) is 0 Å². The van der Waals surface area contributed by atoms with Gasteiger partial charge in [0.1, 0.15) is 0 Å². The Kier molecular flexibility index (Phi) is 8.50. The van der Waals surface area contributed by atoms with Gasteiger partial charge in [0.25, 0.3) is 0 Å². The Morgan fingerprint density at radius 1 is 0.760 bits per heavy atom. The minimum atomic E-state index is -1.28. The third kappa shape index (κ3) is 5.01. The van der Waals surface area contributed by atoms with Crippen LogP contribution in [0, 0.1) is 0 Å². The molecule has 0 heterocycles. The summed E-state index contributed by atoms with van der Waals surface area (Å²) in [7, 11) is -1.28. The van der Waals surface area contributed by atoms with Gasteiger partial charge in [0, 0.05) is 0 Å². The van der Waals surface area contributed by atoms with E-state index in [1.807, 2.05) is 0 Å². The summed E-state index contributed by atoms with van der Waals surface area (Å²) in [6.45, 7) is 9.23. The van der Waals surface area contributed by atoms with Crippen molar-refractivity contribution in [1.29, 1.82) is 0 Å². The van der Waals surface area contributed by atoms with Crippen molar-refractivity contribution >= 4 is 18.8 Å². The zero-order valence-electron chi connectivity index (χ0n) is 15.9. The van der Waals surface area contributed by atoms with Gasteiger partial charge in [-0.05, 0) is 40.8 Å². The molecule has 0 atom stereocenters. The average molecular weight is 401 g/mol. The van der Waals surface area contributed by atoms with Crippen LogP contribution in [-0.2, 0) is 29.0 Å². The molecule has 4 heteroatoms. The van der Waals surface area contributed by atoms with Gasteiger partial charge in [-0.25, -0.2) is 0 Å². The normalized spacial score (nSPS) is 11.5. The summed E-state index contributed by atoms with van der Waals surface area (Å²) in [5.41, 5.74) is 2.81. The zero-order valence-corrected chi connectivity index (χ0v) is 17.9. The maximum absolute atomic E-state index is 11.8. The fourth-order valence-corrected chi connectivity index (χ4v) is 7.08. The van der Waals surface area contributed by atoms with Gasteiger partial charge in [0.15, 0.2) is 0 Å². The summed E-state index contributed by atoms with van der Waals surface area (Å²) < 4.78 is 0. The monoisotopic (exact) mass is 400 g/mol. The van der Waals surface area contributed by atoms with E-state index in [0.29, 0.717) is 0 Å². The first-order chi connectivity index (χ1) is 11.5. The van der Waals surface area contributed by atoms with E-state index < -0.39 is 13.8 Å². The summed E-state index contributed by atoms with van der Waals surface area (Å²) in [6.07, 6.45) is 3.40. The second-order valence-corrected chi connectivity index (χ2v) is 12.6. The first-order valence-electron chi connectivity index (χ1n) is 9.42. The van der Waals surface area contributed by atoms with Crippen molar-refractivity contribution in [2.24, 2.45) is 0 Å². The molecule has 0 unspecified atom stereocenters. The van der Waals surface area contributed by atoms with E-state index in [0.717, 1.165) is 17.2 Å². The van der Waals surface area contributed by atoms with Crippen LogP contribution in [0.1, 0.15) is 51.7 Å². The largest absolute Gasteiger partial charge is 2.00 e. The first kappa shape index (κ1) is 22.1. The van der Waals surface area contributed by atoms with Crippen LogP contribution in [0.2, 0.25) is 18.1 Å². The van der Waals surface area contributed by atoms with Gasteiger partial charge in [0.2, 0.25) is 0 Å². The second kappa shape index (κ2) is 9.64. The van der Waals surface area contributed by atoms with Crippen LogP contribution in [0.4, 0.5) is 0 Å². The number of hydrogen-bond acceptors (Lipinski definition) is 2. The van der Waals surface area contributed by atoms with E-state index in [2.05, 4.69) is 39.8 Å². The fraction of sp³-hybridized carbons (Fsp3) is 0.524. The molecule has 2 nitrogen and oxygen atoms in total. The third-order valence-corrected chi connectivity index (χ3v) is 11.5. The maximum atomic E-state index is 11.8. The van der Waals surface area contributed by atoms with Crippen LogP contribution < -0.4 is 10.2 Å². The van der Waals surface area contributed by atoms with Crippen molar-refractivity contribution in [3.05, 3.63) is 35.4 Å². The van der Waals surface area contributed by atoms with E-state index in [1.165, 1.54) is 60.3 Å². The van der Waals surface area contributed by atoms with Crippen LogP contribution in [0.3, 0.4) is 0 Å². The molecule has 0 saturated heterocycles. The van der Waals surface area contributed by atoms with Crippen LogP contribution >= 0.6 is 0 Å². The van der Waals surface area contributed by atoms with E-state index in [-0.39, 0.29) is 22.2 Å². The molecular weight excluding hydrogens is 371 g/mol. The fourth-order valence-electron chi connectivity index (χ4n) is 3.70. The number of unbranched alkanes of at least 4 members (excludes halogenated alkanes) is 1. The van der Waals surface area contributed by atoms with Crippen LogP contribution in [0.25, 0.3) is 10.8 Å². The second-order valence-electron chi connectivity index (χ2n) is 7.11. The molecule has 0 aliphatic carbocycles. The molecule has 2 rings (SSSR count). The molecule has 140 valence electrons. The quantitative estimate of drug-likeness (QED) is 0.590. The molecule has 0 spiro atoms. The van der Waals surface area contributed by atoms with Crippen LogP contribution in [0.5, 0.6) is 11.5 Å². The molecule has 25 heavy (non-hydrogen) atoms. The Hall–Kier alpha value is -0.990. The van der Waals surface area contributed by atoms with Crippen molar-refractivity contribution < 1.29 is 26.7 Å². The number of hydrogen-bond donors (Lipinski definition) is 0. The van der Waals surface area contributed by atoms with Crippen LogP contribution in [-0.4, -0.2) is 8.07 Å². The van der Waals surface area contributed by atoms with Gasteiger partial charge in [-0.2, -0.15) is 0 Å². The van der Waals surface area contributed by atoms with Gasteiger partial charge < -0.3 is 10.2 Å². The molecule has 2 aromatic carbocycles. The minimum Gasteiger partial charge on any atom is -0.873 e. The Balaban J connectivity index is 0.00000312. The molecule has 0 saturated carbocycles. The molecule has 0 radical (unpaired) electrons. The summed E-state index contributed by atoms with van der Waals surface area (Å²) >= 11 is 0. The molecule has 0 amide bonds. The Bertz CT molecular complexity index is 688. The van der Waals surface area contributed by atoms with Gasteiger partial charge >= 0.3 is 16.5 Å². The average Bonchev–Trinajstić information content (AvgIpc) is 2.59. The molecule has 0 aliphatic rings. The zero-order chi connectivity index (χ0) is 17.7. The third-order valence-electron chi connectivity index (χ3n) is 5.84. The predicted octanol–water partition coefficient (Wildman–Crippen LogP) is 4.92. The first-order valence-corrected chi connectivity index (χ1v) is 12.2. The summed E-state index contributed by atoms with van der Waals surface area (Å²) in [6, 6.07) is 12.5. The Morgan fingerprint density at radius 2 is 1.24 bits per heavy atom. The smallest absolute Gasteiger partial charge is 0.873 e. The Labute approximate surface area is 163 Å². The molecule has 0 aliphatic heterocycles. The minimum absolute atomic E-state index is 0. The van der Waals surface area contributed by atoms with Gasteiger partial charge in [-0.1, -0.05) is 76.5 Å². The van der Waals surface area contributed by atoms with E-state index in [1.54, 1.807) is 0 Å². The van der Waals surface area contributed by atoms with Gasteiger partial charge in [-0.15, -0.1) is 11.5 Å². The van der Waals surface area contributed by atoms with E-state index >= 15 is 0 Å². The van der Waals surface area contributed by atoms with Crippen molar-refractivity contribution in [3.8, 4) is 11.5 Å². The topological polar surface area (TPSA) is 46.1 Å². The maximum Gasteiger partial charge on any atom is 2.00 e. The number of rotatable bonds is 8. The standard InChI is InChI=1S/C21H32O2Si.Ni/c1-5-9-10-16-11-17-13-20(22)21(23)14-18(17)12-19(16)15-24(6-2,7-3)8-4;/h11-14,22-23H,5-10,15H2,1-4H3;/q;+2/p-2. The predicted molar refractivity (Wildman–Crippen MR) is 102 cm³/mol. The van der Waals surface area contributed by atoms with Crippen molar-refractivity contribution in [2.45, 2.75) is 71.1 Å². The summed E-state index contributed by atoms with van der Waals surface area (Å²) in [4.78, 5) is 0. The van der Waals surface area contributed by atoms with E-state index in [4.69, 9.17) is 0 Å². The van der Waals surface area contributed by atoms with Crippen molar-refractivity contribution in [3.63, 3.8) is 0 Å². The Morgan fingerprint density at radius 3 is 1.68 bits per heavy atom. The molecule has 0 bridgehead atoms. The summed E-state index contributed by atoms with van der Waals surface area (Å²) in [5.74, 6) is -0.782. The molecular formula is C21H30NiO2Si. The van der Waals surface area contributed by atoms with Crippen molar-refractivity contribution in [1.82, 2.24) is 0 Å². The number of benzene rings is 2. The van der Waals surface area contributed by atoms with E-state index in [9.17, 15) is 10.2 Å². The summed E-state index contributed by atoms with van der Waals surface area (Å²) in [5, 5.41) is 25.3. The molecule has 0 N–H and O–H groups in total. The SMILES string of the molecule is CCCCc1cc2cc([O-])c([O-])cc2cc1C[Si](CC)(CC)CC.[Ni+2].